The molecule has 0 bridgehead atoms. The van der Waals surface area contributed by atoms with Crippen molar-refractivity contribution in [3.8, 4) is 11.5 Å². The van der Waals surface area contributed by atoms with Gasteiger partial charge in [0.1, 0.15) is 0 Å². The Labute approximate surface area is 168 Å². The summed E-state index contributed by atoms with van der Waals surface area (Å²) >= 11 is 0. The normalized spacial score (nSPS) is 10.3. The molecule has 2 amide bonds. The molecule has 0 atom stereocenters. The Morgan fingerprint density at radius 3 is 2.21 bits per heavy atom. The Morgan fingerprint density at radius 2 is 1.59 bits per heavy atom. The van der Waals surface area contributed by atoms with Gasteiger partial charge in [-0.3, -0.25) is 9.59 Å². The molecule has 0 spiro atoms. The highest BCUT2D eigenvalue weighted by molar-refractivity contribution is 6.02. The van der Waals surface area contributed by atoms with Gasteiger partial charge in [0.25, 0.3) is 5.91 Å². The molecule has 3 rings (SSSR count). The van der Waals surface area contributed by atoms with Gasteiger partial charge in [-0.15, -0.1) is 0 Å². The largest absolute Gasteiger partial charge is 0.493 e. The van der Waals surface area contributed by atoms with E-state index in [-0.39, 0.29) is 17.6 Å². The molecule has 0 aliphatic rings. The molecule has 0 saturated carbocycles. The summed E-state index contributed by atoms with van der Waals surface area (Å²) in [7, 11) is 3.16. The Balaban J connectivity index is 1.51. The van der Waals surface area contributed by atoms with E-state index in [9.17, 15) is 9.59 Å². The standard InChI is InChI=1S/C22H22N2O5/c1-27-18-11-5-15(14-20(18)28-2)6-12-21(25)23-16-7-9-17(10-8-16)24-22(26)19-4-3-13-29-19/h3-5,7-11,13-14H,6,12H2,1-2H3,(H,23,25)(H,24,26). The van der Waals surface area contributed by atoms with Crippen LogP contribution in [0.15, 0.2) is 65.3 Å². The van der Waals surface area contributed by atoms with Gasteiger partial charge >= 0.3 is 0 Å². The van der Waals surface area contributed by atoms with Gasteiger partial charge in [0.15, 0.2) is 17.3 Å². The van der Waals surface area contributed by atoms with Crippen molar-refractivity contribution in [3.05, 3.63) is 72.2 Å². The monoisotopic (exact) mass is 394 g/mol. The molecule has 0 unspecified atom stereocenters. The number of nitrogens with one attached hydrogen (secondary N) is 2. The van der Waals surface area contributed by atoms with Crippen LogP contribution in [0, 0.1) is 0 Å². The van der Waals surface area contributed by atoms with Crippen molar-refractivity contribution in [2.24, 2.45) is 0 Å². The first-order chi connectivity index (χ1) is 14.1. The van der Waals surface area contributed by atoms with E-state index >= 15 is 0 Å². The van der Waals surface area contributed by atoms with E-state index in [1.165, 1.54) is 6.26 Å². The maximum atomic E-state index is 12.2. The van der Waals surface area contributed by atoms with Crippen LogP contribution in [0.1, 0.15) is 22.5 Å². The number of carbonyl (C=O) groups is 2. The predicted molar refractivity (Wildman–Crippen MR) is 110 cm³/mol. The fourth-order valence-corrected chi connectivity index (χ4v) is 2.75. The highest BCUT2D eigenvalue weighted by atomic mass is 16.5. The number of hydrogen-bond acceptors (Lipinski definition) is 5. The fourth-order valence-electron chi connectivity index (χ4n) is 2.75. The van der Waals surface area contributed by atoms with E-state index in [4.69, 9.17) is 13.9 Å². The van der Waals surface area contributed by atoms with Crippen LogP contribution in [0.3, 0.4) is 0 Å². The van der Waals surface area contributed by atoms with Gasteiger partial charge in [0, 0.05) is 17.8 Å². The second-order valence-electron chi connectivity index (χ2n) is 6.25. The lowest BCUT2D eigenvalue weighted by Gasteiger charge is -2.10. The molecule has 1 heterocycles. The molecule has 3 aromatic rings. The number of ether oxygens (including phenoxy) is 2. The number of amides is 2. The third kappa shape index (κ3) is 5.38. The van der Waals surface area contributed by atoms with Crippen LogP contribution in [0.25, 0.3) is 0 Å². The molecular weight excluding hydrogens is 372 g/mol. The first kappa shape index (κ1) is 20.0. The maximum Gasteiger partial charge on any atom is 0.291 e. The summed E-state index contributed by atoms with van der Waals surface area (Å²) in [6.07, 6.45) is 2.34. The minimum Gasteiger partial charge on any atom is -0.493 e. The SMILES string of the molecule is COc1ccc(CCC(=O)Nc2ccc(NC(=O)c3ccco3)cc2)cc1OC. The Hall–Kier alpha value is -3.74. The van der Waals surface area contributed by atoms with Gasteiger partial charge in [0.05, 0.1) is 20.5 Å². The van der Waals surface area contributed by atoms with Gasteiger partial charge in [-0.25, -0.2) is 0 Å². The molecule has 2 N–H and O–H groups in total. The number of methoxy groups -OCH3 is 2. The van der Waals surface area contributed by atoms with E-state index in [2.05, 4.69) is 10.6 Å². The predicted octanol–water partition coefficient (Wildman–Crippen LogP) is 4.12. The molecule has 0 saturated heterocycles. The van der Waals surface area contributed by atoms with Crippen LogP contribution in [-0.4, -0.2) is 26.0 Å². The topological polar surface area (TPSA) is 89.8 Å². The number of anilines is 2. The zero-order valence-corrected chi connectivity index (χ0v) is 16.2. The average molecular weight is 394 g/mol. The van der Waals surface area contributed by atoms with Gasteiger partial charge in [-0.05, 0) is 60.5 Å². The molecule has 0 aliphatic heterocycles. The van der Waals surface area contributed by atoms with E-state index in [1.807, 2.05) is 18.2 Å². The van der Waals surface area contributed by atoms with Crippen molar-refractivity contribution in [3.63, 3.8) is 0 Å². The van der Waals surface area contributed by atoms with Crippen molar-refractivity contribution in [1.29, 1.82) is 0 Å². The second kappa shape index (κ2) is 9.45. The summed E-state index contributed by atoms with van der Waals surface area (Å²) in [6.45, 7) is 0. The molecule has 0 fully saturated rings. The van der Waals surface area contributed by atoms with Crippen LogP contribution < -0.4 is 20.1 Å². The lowest BCUT2D eigenvalue weighted by molar-refractivity contribution is -0.116. The lowest BCUT2D eigenvalue weighted by atomic mass is 10.1. The van der Waals surface area contributed by atoms with Crippen LogP contribution in [0.4, 0.5) is 11.4 Å². The molecule has 2 aromatic carbocycles. The lowest BCUT2D eigenvalue weighted by Crippen LogP contribution is -2.13. The number of benzene rings is 2. The minimum absolute atomic E-state index is 0.104. The maximum absolute atomic E-state index is 12.2. The number of rotatable bonds is 8. The van der Waals surface area contributed by atoms with Crippen LogP contribution in [0.2, 0.25) is 0 Å². The number of hydrogen-bond donors (Lipinski definition) is 2. The summed E-state index contributed by atoms with van der Waals surface area (Å²) in [4.78, 5) is 24.2. The van der Waals surface area contributed by atoms with Crippen molar-refractivity contribution in [1.82, 2.24) is 0 Å². The number of carbonyl (C=O) groups excluding carboxylic acids is 2. The minimum atomic E-state index is -0.332. The molecular formula is C22H22N2O5. The molecule has 150 valence electrons. The Bertz CT molecular complexity index is 965. The average Bonchev–Trinajstić information content (AvgIpc) is 3.28. The quantitative estimate of drug-likeness (QED) is 0.600. The van der Waals surface area contributed by atoms with Crippen LogP contribution in [-0.2, 0) is 11.2 Å². The van der Waals surface area contributed by atoms with Crippen LogP contribution in [0.5, 0.6) is 11.5 Å². The van der Waals surface area contributed by atoms with Gasteiger partial charge < -0.3 is 24.5 Å². The van der Waals surface area contributed by atoms with Crippen molar-refractivity contribution >= 4 is 23.2 Å². The smallest absolute Gasteiger partial charge is 0.291 e. The summed E-state index contributed by atoms with van der Waals surface area (Å²) in [5, 5.41) is 5.57. The van der Waals surface area contributed by atoms with E-state index < -0.39 is 0 Å². The molecule has 0 aliphatic carbocycles. The van der Waals surface area contributed by atoms with E-state index in [0.29, 0.717) is 35.7 Å². The Kier molecular flexibility index (Phi) is 6.52. The molecule has 7 heteroatoms. The first-order valence-corrected chi connectivity index (χ1v) is 9.04. The van der Waals surface area contributed by atoms with E-state index in [0.717, 1.165) is 5.56 Å². The molecule has 29 heavy (non-hydrogen) atoms. The van der Waals surface area contributed by atoms with Gasteiger partial charge in [-0.2, -0.15) is 0 Å². The molecule has 0 radical (unpaired) electrons. The fraction of sp³-hybridized carbons (Fsp3) is 0.182. The summed E-state index contributed by atoms with van der Waals surface area (Å²) in [5.74, 6) is 1.09. The third-order valence-corrected chi connectivity index (χ3v) is 4.26. The van der Waals surface area contributed by atoms with Crippen molar-refractivity contribution < 1.29 is 23.5 Å². The molecule has 1 aromatic heterocycles. The third-order valence-electron chi connectivity index (χ3n) is 4.26. The van der Waals surface area contributed by atoms with Gasteiger partial charge in [-0.1, -0.05) is 6.07 Å². The highest BCUT2D eigenvalue weighted by Gasteiger charge is 2.10. The van der Waals surface area contributed by atoms with Crippen molar-refractivity contribution in [2.75, 3.05) is 24.9 Å². The zero-order valence-electron chi connectivity index (χ0n) is 16.2. The zero-order chi connectivity index (χ0) is 20.6. The van der Waals surface area contributed by atoms with Gasteiger partial charge in [0.2, 0.25) is 5.91 Å². The summed E-state index contributed by atoms with van der Waals surface area (Å²) < 4.78 is 15.5. The summed E-state index contributed by atoms with van der Waals surface area (Å²) in [5.41, 5.74) is 2.24. The second-order valence-corrected chi connectivity index (χ2v) is 6.25. The number of furan rings is 1. The number of aryl methyl sites for hydroxylation is 1. The highest BCUT2D eigenvalue weighted by Crippen LogP contribution is 2.28. The van der Waals surface area contributed by atoms with Crippen molar-refractivity contribution in [2.45, 2.75) is 12.8 Å². The molecule has 7 nitrogen and oxygen atoms in total. The van der Waals surface area contributed by atoms with E-state index in [1.54, 1.807) is 50.6 Å². The summed E-state index contributed by atoms with van der Waals surface area (Å²) in [6, 6.07) is 15.7. The first-order valence-electron chi connectivity index (χ1n) is 9.04. The van der Waals surface area contributed by atoms with Crippen LogP contribution >= 0.6 is 0 Å². The Morgan fingerprint density at radius 1 is 0.897 bits per heavy atom.